The molecule has 0 heterocycles. The van der Waals surface area contributed by atoms with Gasteiger partial charge in [-0.2, -0.15) is 0 Å². The predicted octanol–water partition coefficient (Wildman–Crippen LogP) is 3.20. The second-order valence-electron chi connectivity index (χ2n) is 7.17. The number of aliphatic hydroxyl groups is 1. The Bertz CT molecular complexity index is 253. The van der Waals surface area contributed by atoms with Gasteiger partial charge < -0.3 is 10.4 Å². The largest absolute Gasteiger partial charge is 0.393 e. The van der Waals surface area contributed by atoms with Crippen LogP contribution in [0.5, 0.6) is 0 Å². The standard InChI is InChI=1S/C16H31NO/c1-11(2)15-7-4-12(3)8-16(15)17-10-13-5-6-14(18)9-13/h11-18H,4-10H2,1-3H3. The van der Waals surface area contributed by atoms with Crippen molar-refractivity contribution in [3.63, 3.8) is 0 Å². The van der Waals surface area contributed by atoms with Crippen LogP contribution in [0.1, 0.15) is 59.3 Å². The van der Waals surface area contributed by atoms with Gasteiger partial charge in [-0.1, -0.05) is 27.2 Å². The van der Waals surface area contributed by atoms with Gasteiger partial charge in [0.2, 0.25) is 0 Å². The average Bonchev–Trinajstić information content (AvgIpc) is 2.72. The van der Waals surface area contributed by atoms with Crippen LogP contribution in [0.15, 0.2) is 0 Å². The molecule has 0 aromatic heterocycles. The van der Waals surface area contributed by atoms with Gasteiger partial charge >= 0.3 is 0 Å². The SMILES string of the molecule is CC1CCC(C(C)C)C(NCC2CCC(O)C2)C1. The molecule has 0 aromatic carbocycles. The van der Waals surface area contributed by atoms with Crippen molar-refractivity contribution in [1.29, 1.82) is 0 Å². The Morgan fingerprint density at radius 3 is 2.50 bits per heavy atom. The number of hydrogen-bond donors (Lipinski definition) is 2. The summed E-state index contributed by atoms with van der Waals surface area (Å²) in [6.45, 7) is 8.26. The minimum Gasteiger partial charge on any atom is -0.393 e. The summed E-state index contributed by atoms with van der Waals surface area (Å²) in [6.07, 6.45) is 7.36. The summed E-state index contributed by atoms with van der Waals surface area (Å²) in [7, 11) is 0. The highest BCUT2D eigenvalue weighted by molar-refractivity contribution is 4.87. The minimum atomic E-state index is -0.0250. The lowest BCUT2D eigenvalue weighted by Gasteiger charge is -2.38. The molecule has 0 aliphatic heterocycles. The first kappa shape index (κ1) is 14.3. The van der Waals surface area contributed by atoms with E-state index in [0.717, 1.165) is 37.1 Å². The van der Waals surface area contributed by atoms with E-state index in [0.29, 0.717) is 12.0 Å². The molecular weight excluding hydrogens is 222 g/mol. The molecular formula is C16H31NO. The van der Waals surface area contributed by atoms with Crippen molar-refractivity contribution in [2.24, 2.45) is 23.7 Å². The van der Waals surface area contributed by atoms with Crippen LogP contribution in [0, 0.1) is 23.7 Å². The van der Waals surface area contributed by atoms with Gasteiger partial charge in [0.1, 0.15) is 0 Å². The van der Waals surface area contributed by atoms with Crippen LogP contribution in [0.25, 0.3) is 0 Å². The van der Waals surface area contributed by atoms with Crippen molar-refractivity contribution in [3.05, 3.63) is 0 Å². The maximum absolute atomic E-state index is 9.59. The van der Waals surface area contributed by atoms with E-state index in [-0.39, 0.29) is 6.10 Å². The molecule has 2 nitrogen and oxygen atoms in total. The maximum Gasteiger partial charge on any atom is 0.0543 e. The second-order valence-corrected chi connectivity index (χ2v) is 7.17. The molecule has 0 radical (unpaired) electrons. The molecule has 106 valence electrons. The predicted molar refractivity (Wildman–Crippen MR) is 76.5 cm³/mol. The molecule has 0 spiro atoms. The van der Waals surface area contributed by atoms with E-state index in [1.807, 2.05) is 0 Å². The summed E-state index contributed by atoms with van der Waals surface area (Å²) in [4.78, 5) is 0. The van der Waals surface area contributed by atoms with E-state index in [9.17, 15) is 5.11 Å². The zero-order valence-corrected chi connectivity index (χ0v) is 12.4. The molecule has 2 heteroatoms. The zero-order chi connectivity index (χ0) is 13.1. The molecule has 2 aliphatic rings. The molecule has 5 unspecified atom stereocenters. The molecule has 2 saturated carbocycles. The van der Waals surface area contributed by atoms with Gasteiger partial charge in [0.05, 0.1) is 6.10 Å². The van der Waals surface area contributed by atoms with Gasteiger partial charge in [-0.3, -0.25) is 0 Å². The highest BCUT2D eigenvalue weighted by Gasteiger charge is 2.31. The first-order valence-electron chi connectivity index (χ1n) is 7.97. The van der Waals surface area contributed by atoms with Crippen LogP contribution in [0.4, 0.5) is 0 Å². The van der Waals surface area contributed by atoms with E-state index in [1.54, 1.807) is 0 Å². The average molecular weight is 253 g/mol. The smallest absolute Gasteiger partial charge is 0.0543 e. The summed E-state index contributed by atoms with van der Waals surface area (Å²) in [5, 5.41) is 13.4. The van der Waals surface area contributed by atoms with Gasteiger partial charge in [0, 0.05) is 6.04 Å². The fraction of sp³-hybridized carbons (Fsp3) is 1.00. The Morgan fingerprint density at radius 2 is 1.89 bits per heavy atom. The third-order valence-corrected chi connectivity index (χ3v) is 5.20. The summed E-state index contributed by atoms with van der Waals surface area (Å²) in [6, 6.07) is 0.714. The van der Waals surface area contributed by atoms with E-state index in [1.165, 1.54) is 25.7 Å². The van der Waals surface area contributed by atoms with Crippen LogP contribution in [0.2, 0.25) is 0 Å². The first-order valence-corrected chi connectivity index (χ1v) is 7.97. The molecule has 5 atom stereocenters. The van der Waals surface area contributed by atoms with E-state index >= 15 is 0 Å². The van der Waals surface area contributed by atoms with Gasteiger partial charge in [0.15, 0.2) is 0 Å². The molecule has 2 rings (SSSR count). The lowest BCUT2D eigenvalue weighted by molar-refractivity contribution is 0.159. The number of aliphatic hydroxyl groups excluding tert-OH is 1. The summed E-state index contributed by atoms with van der Waals surface area (Å²) in [5.41, 5.74) is 0. The highest BCUT2D eigenvalue weighted by atomic mass is 16.3. The second kappa shape index (κ2) is 6.38. The van der Waals surface area contributed by atoms with Crippen molar-refractivity contribution in [1.82, 2.24) is 5.32 Å². The molecule has 2 aliphatic carbocycles. The van der Waals surface area contributed by atoms with Crippen LogP contribution < -0.4 is 5.32 Å². The lowest BCUT2D eigenvalue weighted by atomic mass is 9.74. The number of rotatable bonds is 4. The van der Waals surface area contributed by atoms with Crippen molar-refractivity contribution in [3.8, 4) is 0 Å². The fourth-order valence-electron chi connectivity index (χ4n) is 3.99. The van der Waals surface area contributed by atoms with E-state index < -0.39 is 0 Å². The monoisotopic (exact) mass is 253 g/mol. The molecule has 0 amide bonds. The summed E-state index contributed by atoms with van der Waals surface area (Å²) < 4.78 is 0. The van der Waals surface area contributed by atoms with Gasteiger partial charge in [-0.05, 0) is 62.3 Å². The molecule has 0 bridgehead atoms. The van der Waals surface area contributed by atoms with Gasteiger partial charge in [-0.15, -0.1) is 0 Å². The Balaban J connectivity index is 1.81. The number of nitrogens with one attached hydrogen (secondary N) is 1. The summed E-state index contributed by atoms with van der Waals surface area (Å²) in [5.74, 6) is 3.24. The van der Waals surface area contributed by atoms with Crippen LogP contribution in [-0.2, 0) is 0 Å². The van der Waals surface area contributed by atoms with E-state index in [4.69, 9.17) is 0 Å². The van der Waals surface area contributed by atoms with Crippen molar-refractivity contribution in [2.75, 3.05) is 6.54 Å². The van der Waals surface area contributed by atoms with Crippen molar-refractivity contribution < 1.29 is 5.11 Å². The Hall–Kier alpha value is -0.0800. The topological polar surface area (TPSA) is 32.3 Å². The molecule has 2 N–H and O–H groups in total. The molecule has 2 fully saturated rings. The number of hydrogen-bond acceptors (Lipinski definition) is 2. The molecule has 0 saturated heterocycles. The Kier molecular flexibility index (Phi) is 5.08. The van der Waals surface area contributed by atoms with Gasteiger partial charge in [-0.25, -0.2) is 0 Å². The normalized spacial score (nSPS) is 41.5. The van der Waals surface area contributed by atoms with Crippen LogP contribution in [-0.4, -0.2) is 23.8 Å². The first-order chi connectivity index (χ1) is 8.56. The van der Waals surface area contributed by atoms with E-state index in [2.05, 4.69) is 26.1 Å². The Morgan fingerprint density at radius 1 is 1.11 bits per heavy atom. The fourth-order valence-corrected chi connectivity index (χ4v) is 3.99. The van der Waals surface area contributed by atoms with Crippen LogP contribution >= 0.6 is 0 Å². The quantitative estimate of drug-likeness (QED) is 0.806. The molecule has 18 heavy (non-hydrogen) atoms. The van der Waals surface area contributed by atoms with Gasteiger partial charge in [0.25, 0.3) is 0 Å². The Labute approximate surface area is 113 Å². The zero-order valence-electron chi connectivity index (χ0n) is 12.4. The van der Waals surface area contributed by atoms with Crippen LogP contribution in [0.3, 0.4) is 0 Å². The van der Waals surface area contributed by atoms with Crippen molar-refractivity contribution in [2.45, 2.75) is 71.4 Å². The molecule has 0 aromatic rings. The summed E-state index contributed by atoms with van der Waals surface area (Å²) >= 11 is 0. The minimum absolute atomic E-state index is 0.0250. The highest BCUT2D eigenvalue weighted by Crippen LogP contribution is 2.34. The third kappa shape index (κ3) is 3.71. The van der Waals surface area contributed by atoms with Crippen molar-refractivity contribution >= 4 is 0 Å². The maximum atomic E-state index is 9.59. The lowest BCUT2D eigenvalue weighted by Crippen LogP contribution is -2.44. The third-order valence-electron chi connectivity index (χ3n) is 5.20.